The van der Waals surface area contributed by atoms with Crippen molar-refractivity contribution in [2.45, 2.75) is 9.79 Å². The molecule has 11 heteroatoms. The highest BCUT2D eigenvalue weighted by atomic mass is 32.2. The summed E-state index contributed by atoms with van der Waals surface area (Å²) in [4.78, 5) is 14.4. The van der Waals surface area contributed by atoms with Crippen LogP contribution in [-0.4, -0.2) is 44.8 Å². The average Bonchev–Trinajstić information content (AvgIpc) is 3.60. The van der Waals surface area contributed by atoms with Crippen LogP contribution >= 0.6 is 0 Å². The number of rotatable bonds is 8. The summed E-state index contributed by atoms with van der Waals surface area (Å²) in [5.74, 6) is 0.117. The summed E-state index contributed by atoms with van der Waals surface area (Å²) >= 11 is 0. The Labute approximate surface area is 242 Å². The SMILES string of the molecule is COc1ccc2c(c1)cc(C(=O)c1cc3cc(OC)ccc3n1S(=O)(=O)c1ccccc1)n2S(=O)(=O)c1ccccc1. The molecular weight excluding hydrogens is 576 g/mol. The molecule has 0 atom stereocenters. The fourth-order valence-electron chi connectivity index (χ4n) is 4.95. The van der Waals surface area contributed by atoms with Crippen LogP contribution in [-0.2, 0) is 20.0 Å². The number of hydrogen-bond donors (Lipinski definition) is 0. The van der Waals surface area contributed by atoms with Crippen molar-refractivity contribution in [3.8, 4) is 11.5 Å². The molecular formula is C31H24N2O7S2. The van der Waals surface area contributed by atoms with E-state index in [1.165, 1.54) is 50.6 Å². The smallest absolute Gasteiger partial charge is 0.268 e. The van der Waals surface area contributed by atoms with Crippen molar-refractivity contribution < 1.29 is 31.1 Å². The van der Waals surface area contributed by atoms with Gasteiger partial charge in [-0.05, 0) is 72.8 Å². The monoisotopic (exact) mass is 600 g/mol. The molecule has 6 rings (SSSR count). The molecule has 0 unspecified atom stereocenters. The van der Waals surface area contributed by atoms with Gasteiger partial charge in [0.15, 0.2) is 0 Å². The zero-order valence-electron chi connectivity index (χ0n) is 22.5. The molecule has 0 saturated heterocycles. The minimum atomic E-state index is -4.29. The Kier molecular flexibility index (Phi) is 6.63. The average molecular weight is 601 g/mol. The number of methoxy groups -OCH3 is 2. The first-order chi connectivity index (χ1) is 20.2. The molecule has 4 aromatic carbocycles. The van der Waals surface area contributed by atoms with Crippen molar-refractivity contribution in [3.05, 3.63) is 121 Å². The molecule has 0 saturated carbocycles. The third-order valence-corrected chi connectivity index (χ3v) is 10.4. The Bertz CT molecular complexity index is 2040. The Balaban J connectivity index is 1.67. The number of carbonyl (C=O) groups is 1. The zero-order chi connectivity index (χ0) is 29.6. The van der Waals surface area contributed by atoms with Gasteiger partial charge >= 0.3 is 0 Å². The fourth-order valence-corrected chi connectivity index (χ4v) is 8.02. The number of aromatic nitrogens is 2. The van der Waals surface area contributed by atoms with Gasteiger partial charge in [0.2, 0.25) is 5.78 Å². The molecule has 0 amide bonds. The second-order valence-corrected chi connectivity index (χ2v) is 13.0. The summed E-state index contributed by atoms with van der Waals surface area (Å²) < 4.78 is 68.6. The maximum atomic E-state index is 14.5. The van der Waals surface area contributed by atoms with Crippen molar-refractivity contribution in [1.82, 2.24) is 7.94 Å². The number of ketones is 1. The molecule has 42 heavy (non-hydrogen) atoms. The summed E-state index contributed by atoms with van der Waals surface area (Å²) in [6, 6.07) is 27.8. The third-order valence-electron chi connectivity index (χ3n) is 6.96. The number of carbonyl (C=O) groups excluding carboxylic acids is 1. The second kappa shape index (κ2) is 10.2. The number of benzene rings is 4. The van der Waals surface area contributed by atoms with Crippen molar-refractivity contribution >= 4 is 47.6 Å². The first-order valence-electron chi connectivity index (χ1n) is 12.7. The molecule has 0 radical (unpaired) electrons. The summed E-state index contributed by atoms with van der Waals surface area (Å²) in [7, 11) is -5.62. The number of hydrogen-bond acceptors (Lipinski definition) is 7. The Morgan fingerprint density at radius 2 is 0.929 bits per heavy atom. The van der Waals surface area contributed by atoms with E-state index in [4.69, 9.17) is 9.47 Å². The largest absolute Gasteiger partial charge is 0.497 e. The number of nitrogens with zero attached hydrogens (tertiary/aromatic N) is 2. The van der Waals surface area contributed by atoms with Gasteiger partial charge in [-0.3, -0.25) is 4.79 Å². The van der Waals surface area contributed by atoms with Crippen LogP contribution in [0.25, 0.3) is 21.8 Å². The van der Waals surface area contributed by atoms with Gasteiger partial charge in [-0.1, -0.05) is 36.4 Å². The molecule has 6 aromatic rings. The van der Waals surface area contributed by atoms with E-state index in [0.717, 1.165) is 7.94 Å². The molecule has 0 aliphatic rings. The molecule has 0 N–H and O–H groups in total. The van der Waals surface area contributed by atoms with Gasteiger partial charge in [-0.25, -0.2) is 24.8 Å². The molecule has 212 valence electrons. The highest BCUT2D eigenvalue weighted by Crippen LogP contribution is 2.33. The van der Waals surface area contributed by atoms with Crippen molar-refractivity contribution in [1.29, 1.82) is 0 Å². The molecule has 2 heterocycles. The van der Waals surface area contributed by atoms with E-state index >= 15 is 0 Å². The van der Waals surface area contributed by atoms with E-state index in [1.807, 2.05) is 0 Å². The van der Waals surface area contributed by atoms with Gasteiger partial charge in [0.05, 0.1) is 35.0 Å². The maximum Gasteiger partial charge on any atom is 0.268 e. The molecule has 9 nitrogen and oxygen atoms in total. The van der Waals surface area contributed by atoms with Gasteiger partial charge in [-0.15, -0.1) is 0 Å². The Morgan fingerprint density at radius 1 is 0.548 bits per heavy atom. The first-order valence-corrected chi connectivity index (χ1v) is 15.6. The van der Waals surface area contributed by atoms with Crippen LogP contribution in [0.2, 0.25) is 0 Å². The lowest BCUT2D eigenvalue weighted by molar-refractivity contribution is 0.102. The predicted octanol–water partition coefficient (Wildman–Crippen LogP) is 5.32. The van der Waals surface area contributed by atoms with Crippen LogP contribution in [0.1, 0.15) is 16.2 Å². The fraction of sp³-hybridized carbons (Fsp3) is 0.0645. The lowest BCUT2D eigenvalue weighted by atomic mass is 10.2. The van der Waals surface area contributed by atoms with Crippen LogP contribution in [0.4, 0.5) is 0 Å². The van der Waals surface area contributed by atoms with Crippen LogP contribution < -0.4 is 9.47 Å². The van der Waals surface area contributed by atoms with Crippen LogP contribution in [0.3, 0.4) is 0 Å². The Hall–Kier alpha value is -4.87. The van der Waals surface area contributed by atoms with Crippen molar-refractivity contribution in [2.24, 2.45) is 0 Å². The van der Waals surface area contributed by atoms with Crippen molar-refractivity contribution in [2.75, 3.05) is 14.2 Å². The van der Waals surface area contributed by atoms with Crippen LogP contribution in [0.5, 0.6) is 11.5 Å². The van der Waals surface area contributed by atoms with E-state index in [0.29, 0.717) is 22.3 Å². The summed E-state index contributed by atoms with van der Waals surface area (Å²) in [6.07, 6.45) is 0. The molecule has 2 aromatic heterocycles. The predicted molar refractivity (Wildman–Crippen MR) is 158 cm³/mol. The normalized spacial score (nSPS) is 12.0. The van der Waals surface area contributed by atoms with E-state index in [1.54, 1.807) is 72.8 Å². The van der Waals surface area contributed by atoms with Gasteiger partial charge in [0, 0.05) is 10.8 Å². The van der Waals surface area contributed by atoms with Crippen LogP contribution in [0.15, 0.2) is 119 Å². The number of ether oxygens (including phenoxy) is 2. The molecule has 0 fully saturated rings. The minimum absolute atomic E-state index is 0.0328. The lowest BCUT2D eigenvalue weighted by Crippen LogP contribution is -2.23. The molecule has 0 bridgehead atoms. The highest BCUT2D eigenvalue weighted by Gasteiger charge is 2.32. The van der Waals surface area contributed by atoms with Gasteiger partial charge in [0.1, 0.15) is 22.9 Å². The minimum Gasteiger partial charge on any atom is -0.497 e. The standard InChI is InChI=1S/C31H24N2O7S2/c1-39-23-13-15-27-21(17-23)19-29(32(27)41(35,36)25-9-5-3-6-10-25)31(34)30-20-22-18-24(40-2)14-16-28(22)33(30)42(37,38)26-11-7-4-8-12-26/h3-20H,1-2H3. The highest BCUT2D eigenvalue weighted by molar-refractivity contribution is 7.90. The summed E-state index contributed by atoms with van der Waals surface area (Å²) in [5, 5.41) is 0.847. The van der Waals surface area contributed by atoms with Crippen molar-refractivity contribution in [3.63, 3.8) is 0 Å². The lowest BCUT2D eigenvalue weighted by Gasteiger charge is -2.14. The molecule has 0 spiro atoms. The van der Waals surface area contributed by atoms with Gasteiger partial charge in [0.25, 0.3) is 20.0 Å². The summed E-state index contributed by atoms with van der Waals surface area (Å²) in [6.45, 7) is 0. The third kappa shape index (κ3) is 4.34. The van der Waals surface area contributed by atoms with E-state index in [-0.39, 0.29) is 32.2 Å². The van der Waals surface area contributed by atoms with Crippen LogP contribution in [0, 0.1) is 0 Å². The van der Waals surface area contributed by atoms with E-state index in [9.17, 15) is 21.6 Å². The Morgan fingerprint density at radius 3 is 1.29 bits per heavy atom. The van der Waals surface area contributed by atoms with E-state index < -0.39 is 25.8 Å². The molecule has 0 aliphatic heterocycles. The summed E-state index contributed by atoms with van der Waals surface area (Å²) in [5.41, 5.74) is -0.000669. The topological polar surface area (TPSA) is 114 Å². The molecule has 0 aliphatic carbocycles. The quantitative estimate of drug-likeness (QED) is 0.217. The maximum absolute atomic E-state index is 14.5. The first kappa shape index (κ1) is 27.3. The number of fused-ring (bicyclic) bond motifs is 2. The zero-order valence-corrected chi connectivity index (χ0v) is 24.1. The van der Waals surface area contributed by atoms with E-state index in [2.05, 4.69) is 0 Å². The van der Waals surface area contributed by atoms with Gasteiger partial charge in [-0.2, -0.15) is 0 Å². The van der Waals surface area contributed by atoms with Gasteiger partial charge < -0.3 is 9.47 Å². The second-order valence-electron chi connectivity index (χ2n) is 9.40.